The van der Waals surface area contributed by atoms with Crippen molar-refractivity contribution in [1.82, 2.24) is 0 Å². The lowest BCUT2D eigenvalue weighted by Gasteiger charge is -2.17. The summed E-state index contributed by atoms with van der Waals surface area (Å²) in [7, 11) is 1.57. The van der Waals surface area contributed by atoms with Gasteiger partial charge in [0.1, 0.15) is 5.75 Å². The van der Waals surface area contributed by atoms with E-state index in [0.717, 1.165) is 0 Å². The van der Waals surface area contributed by atoms with Gasteiger partial charge in [0.25, 0.3) is 5.91 Å². The highest BCUT2D eigenvalue weighted by Gasteiger charge is 2.19. The van der Waals surface area contributed by atoms with Crippen LogP contribution in [0.25, 0.3) is 0 Å². The lowest BCUT2D eigenvalue weighted by molar-refractivity contribution is -0.122. The minimum Gasteiger partial charge on any atom is -0.497 e. The number of rotatable bonds is 6. The Morgan fingerprint density at radius 3 is 2.45 bits per heavy atom. The maximum absolute atomic E-state index is 13.6. The Balaban J connectivity index is 2.03. The van der Waals surface area contributed by atoms with Gasteiger partial charge in [0.2, 0.25) is 0 Å². The van der Waals surface area contributed by atoms with Crippen LogP contribution in [0.3, 0.4) is 0 Å². The van der Waals surface area contributed by atoms with Crippen LogP contribution in [0, 0.1) is 5.82 Å². The van der Waals surface area contributed by atoms with Crippen molar-refractivity contribution in [2.45, 2.75) is 19.4 Å². The van der Waals surface area contributed by atoms with E-state index in [1.165, 1.54) is 12.1 Å². The van der Waals surface area contributed by atoms with Crippen LogP contribution in [-0.4, -0.2) is 19.1 Å². The largest absolute Gasteiger partial charge is 0.497 e. The minimum atomic E-state index is -0.765. The summed E-state index contributed by atoms with van der Waals surface area (Å²) in [6.07, 6.45) is -0.338. The van der Waals surface area contributed by atoms with Crippen molar-refractivity contribution < 1.29 is 18.7 Å². The Bertz CT molecular complexity index is 628. The zero-order valence-electron chi connectivity index (χ0n) is 12.5. The second-order valence-corrected chi connectivity index (χ2v) is 4.66. The van der Waals surface area contributed by atoms with Crippen molar-refractivity contribution in [3.05, 3.63) is 54.3 Å². The van der Waals surface area contributed by atoms with Gasteiger partial charge >= 0.3 is 0 Å². The molecule has 0 bridgehead atoms. The van der Waals surface area contributed by atoms with Crippen molar-refractivity contribution in [1.29, 1.82) is 0 Å². The maximum Gasteiger partial charge on any atom is 0.265 e. The molecule has 5 heteroatoms. The van der Waals surface area contributed by atoms with E-state index in [1.807, 2.05) is 0 Å². The first-order chi connectivity index (χ1) is 10.6. The normalized spacial score (nSPS) is 11.6. The van der Waals surface area contributed by atoms with Gasteiger partial charge in [0.05, 0.1) is 7.11 Å². The molecule has 1 atom stereocenters. The van der Waals surface area contributed by atoms with E-state index in [1.54, 1.807) is 50.4 Å². The second-order valence-electron chi connectivity index (χ2n) is 4.66. The van der Waals surface area contributed by atoms with Gasteiger partial charge in [-0.15, -0.1) is 0 Å². The molecule has 0 aliphatic rings. The SMILES string of the molecule is CCC(Oc1ccccc1F)C(=O)Nc1ccc(OC)cc1. The molecule has 0 aliphatic heterocycles. The van der Waals surface area contributed by atoms with E-state index in [0.29, 0.717) is 17.9 Å². The number of amides is 1. The fourth-order valence-corrected chi connectivity index (χ4v) is 1.91. The number of carbonyl (C=O) groups is 1. The molecule has 1 N–H and O–H groups in total. The van der Waals surface area contributed by atoms with Crippen LogP contribution in [0.15, 0.2) is 48.5 Å². The summed E-state index contributed by atoms with van der Waals surface area (Å²) in [6, 6.07) is 13.0. The van der Waals surface area contributed by atoms with E-state index >= 15 is 0 Å². The number of para-hydroxylation sites is 1. The first kappa shape index (κ1) is 15.8. The first-order valence-corrected chi connectivity index (χ1v) is 7.00. The molecular weight excluding hydrogens is 285 g/mol. The molecule has 0 aromatic heterocycles. The third-order valence-corrected chi connectivity index (χ3v) is 3.13. The highest BCUT2D eigenvalue weighted by atomic mass is 19.1. The van der Waals surface area contributed by atoms with Crippen LogP contribution in [0.1, 0.15) is 13.3 Å². The van der Waals surface area contributed by atoms with Gasteiger partial charge in [-0.05, 0) is 42.8 Å². The van der Waals surface area contributed by atoms with E-state index in [4.69, 9.17) is 9.47 Å². The fourth-order valence-electron chi connectivity index (χ4n) is 1.91. The predicted octanol–water partition coefficient (Wildman–Crippen LogP) is 3.63. The quantitative estimate of drug-likeness (QED) is 0.886. The Labute approximate surface area is 128 Å². The molecule has 0 saturated heterocycles. The van der Waals surface area contributed by atoms with Crippen molar-refractivity contribution >= 4 is 11.6 Å². The maximum atomic E-state index is 13.6. The zero-order valence-corrected chi connectivity index (χ0v) is 12.5. The topological polar surface area (TPSA) is 47.6 Å². The smallest absolute Gasteiger partial charge is 0.265 e. The standard InChI is InChI=1S/C17H18FNO3/c1-3-15(22-16-7-5-4-6-14(16)18)17(20)19-12-8-10-13(21-2)11-9-12/h4-11,15H,3H2,1-2H3,(H,19,20). The summed E-state index contributed by atoms with van der Waals surface area (Å²) >= 11 is 0. The molecule has 116 valence electrons. The molecule has 2 aromatic carbocycles. The molecule has 2 rings (SSSR count). The van der Waals surface area contributed by atoms with Crippen LogP contribution < -0.4 is 14.8 Å². The van der Waals surface area contributed by atoms with Crippen LogP contribution >= 0.6 is 0 Å². The number of benzene rings is 2. The Morgan fingerprint density at radius 1 is 1.18 bits per heavy atom. The van der Waals surface area contributed by atoms with Gasteiger partial charge in [0.15, 0.2) is 17.7 Å². The number of anilines is 1. The monoisotopic (exact) mass is 303 g/mol. The summed E-state index contributed by atoms with van der Waals surface area (Å²) in [5.74, 6) is -0.0407. The van der Waals surface area contributed by atoms with Crippen LogP contribution in [0.2, 0.25) is 0 Å². The van der Waals surface area contributed by atoms with Crippen molar-refractivity contribution in [2.24, 2.45) is 0 Å². The summed E-state index contributed by atoms with van der Waals surface area (Å²) in [5, 5.41) is 2.74. The number of hydrogen-bond donors (Lipinski definition) is 1. The Kier molecular flexibility index (Phi) is 5.36. The van der Waals surface area contributed by atoms with E-state index in [9.17, 15) is 9.18 Å². The molecule has 0 radical (unpaired) electrons. The van der Waals surface area contributed by atoms with E-state index in [2.05, 4.69) is 5.32 Å². The molecule has 4 nitrogen and oxygen atoms in total. The number of carbonyl (C=O) groups excluding carboxylic acids is 1. The number of nitrogens with one attached hydrogen (secondary N) is 1. The average Bonchev–Trinajstić information content (AvgIpc) is 2.54. The lowest BCUT2D eigenvalue weighted by atomic mass is 10.2. The molecular formula is C17H18FNO3. The summed E-state index contributed by atoms with van der Waals surface area (Å²) in [6.45, 7) is 1.80. The Hall–Kier alpha value is -2.56. The van der Waals surface area contributed by atoms with Crippen LogP contribution in [0.5, 0.6) is 11.5 Å². The fraction of sp³-hybridized carbons (Fsp3) is 0.235. The summed E-state index contributed by atoms with van der Waals surface area (Å²) in [5.41, 5.74) is 0.626. The van der Waals surface area contributed by atoms with Gasteiger partial charge in [0, 0.05) is 5.69 Å². The molecule has 1 unspecified atom stereocenters. The molecule has 0 heterocycles. The summed E-state index contributed by atoms with van der Waals surface area (Å²) in [4.78, 5) is 12.2. The van der Waals surface area contributed by atoms with Crippen molar-refractivity contribution in [3.63, 3.8) is 0 Å². The second kappa shape index (κ2) is 7.45. The molecule has 0 saturated carbocycles. The zero-order chi connectivity index (χ0) is 15.9. The molecule has 1 amide bonds. The van der Waals surface area contributed by atoms with E-state index in [-0.39, 0.29) is 11.7 Å². The molecule has 0 aliphatic carbocycles. The predicted molar refractivity (Wildman–Crippen MR) is 82.7 cm³/mol. The molecule has 2 aromatic rings. The third-order valence-electron chi connectivity index (χ3n) is 3.13. The third kappa shape index (κ3) is 3.97. The molecule has 0 fully saturated rings. The van der Waals surface area contributed by atoms with E-state index < -0.39 is 11.9 Å². The number of halogens is 1. The van der Waals surface area contributed by atoms with Crippen molar-refractivity contribution in [3.8, 4) is 11.5 Å². The number of ether oxygens (including phenoxy) is 2. The van der Waals surface area contributed by atoms with Gasteiger partial charge in [-0.3, -0.25) is 4.79 Å². The van der Waals surface area contributed by atoms with Crippen LogP contribution in [-0.2, 0) is 4.79 Å². The van der Waals surface area contributed by atoms with Crippen LogP contribution in [0.4, 0.5) is 10.1 Å². The highest BCUT2D eigenvalue weighted by Crippen LogP contribution is 2.20. The average molecular weight is 303 g/mol. The Morgan fingerprint density at radius 2 is 1.86 bits per heavy atom. The van der Waals surface area contributed by atoms with Gasteiger partial charge in [-0.25, -0.2) is 4.39 Å². The van der Waals surface area contributed by atoms with Gasteiger partial charge in [-0.2, -0.15) is 0 Å². The number of methoxy groups -OCH3 is 1. The van der Waals surface area contributed by atoms with Crippen molar-refractivity contribution in [2.75, 3.05) is 12.4 Å². The first-order valence-electron chi connectivity index (χ1n) is 7.00. The minimum absolute atomic E-state index is 0.0687. The van der Waals surface area contributed by atoms with Gasteiger partial charge in [-0.1, -0.05) is 19.1 Å². The lowest BCUT2D eigenvalue weighted by Crippen LogP contribution is -2.32. The molecule has 0 spiro atoms. The van der Waals surface area contributed by atoms with Gasteiger partial charge < -0.3 is 14.8 Å². The highest BCUT2D eigenvalue weighted by molar-refractivity contribution is 5.94. The summed E-state index contributed by atoms with van der Waals surface area (Å²) < 4.78 is 24.1. The number of hydrogen-bond acceptors (Lipinski definition) is 3. The molecule has 22 heavy (non-hydrogen) atoms.